The van der Waals surface area contributed by atoms with Crippen molar-refractivity contribution in [1.82, 2.24) is 10.2 Å². The van der Waals surface area contributed by atoms with Crippen molar-refractivity contribution >= 4 is 12.0 Å². The van der Waals surface area contributed by atoms with Crippen LogP contribution in [0.4, 0.5) is 4.79 Å². The summed E-state index contributed by atoms with van der Waals surface area (Å²) in [5.41, 5.74) is 3.27. The highest BCUT2D eigenvalue weighted by Gasteiger charge is 2.44. The van der Waals surface area contributed by atoms with Gasteiger partial charge in [0.1, 0.15) is 42.0 Å². The first kappa shape index (κ1) is 38.2. The molecule has 1 aromatic rings. The number of nitrogens with one attached hydrogen (secondary N) is 1. The Bertz CT molecular complexity index is 1400. The summed E-state index contributed by atoms with van der Waals surface area (Å²) in [6, 6.07) is 7.88. The number of amides is 2. The van der Waals surface area contributed by atoms with Crippen molar-refractivity contribution in [1.29, 1.82) is 0 Å². The highest BCUT2D eigenvalue weighted by molar-refractivity contribution is 5.87. The second-order valence-corrected chi connectivity index (χ2v) is 13.7. The lowest BCUT2D eigenvalue weighted by atomic mass is 9.81. The highest BCUT2D eigenvalue weighted by Crippen LogP contribution is 2.40. The first-order valence-electron chi connectivity index (χ1n) is 17.1. The van der Waals surface area contributed by atoms with Gasteiger partial charge in [0.25, 0.3) is 0 Å². The van der Waals surface area contributed by atoms with Crippen LogP contribution < -0.4 is 5.32 Å². The average Bonchev–Trinajstić information content (AvgIpc) is 3.08. The Hall–Kier alpha value is -3.64. The standard InChI is InChI=1S/C38H54N2O9/c1-25(14-16-33(45-7)26(2)44-6)13-15-31(39-37(43)49-38(3,4)5)36(42)40-29(22-41)19-28-20-34-35(48-18-17-47-34)21-30(28)32(40)24-46-23-27-11-9-8-10-12-27/h8-12,14,16,20,26,29,31-32,35,41H,13,15,17-19,21-24H2,1-7H3,(H,39,43). The van der Waals surface area contributed by atoms with Crippen molar-refractivity contribution in [3.05, 3.63) is 82.4 Å². The van der Waals surface area contributed by atoms with E-state index >= 15 is 0 Å². The summed E-state index contributed by atoms with van der Waals surface area (Å²) < 4.78 is 34.7. The van der Waals surface area contributed by atoms with Gasteiger partial charge in [-0.1, -0.05) is 42.0 Å². The smallest absolute Gasteiger partial charge is 0.408 e. The van der Waals surface area contributed by atoms with Gasteiger partial charge in [0.2, 0.25) is 5.91 Å². The van der Waals surface area contributed by atoms with Crippen molar-refractivity contribution in [2.75, 3.05) is 40.6 Å². The van der Waals surface area contributed by atoms with Crippen LogP contribution in [-0.2, 0) is 39.8 Å². The average molecular weight is 683 g/mol. The Morgan fingerprint density at radius 1 is 1.12 bits per heavy atom. The van der Waals surface area contributed by atoms with Crippen LogP contribution in [0.2, 0.25) is 0 Å². The summed E-state index contributed by atoms with van der Waals surface area (Å²) in [6.45, 7) is 10.5. The summed E-state index contributed by atoms with van der Waals surface area (Å²) in [5.74, 6) is 1.14. The molecule has 0 saturated carbocycles. The summed E-state index contributed by atoms with van der Waals surface area (Å²) in [7, 11) is 3.21. The van der Waals surface area contributed by atoms with Crippen LogP contribution in [0, 0.1) is 0 Å². The number of allylic oxidation sites excluding steroid dienone is 4. The Morgan fingerprint density at radius 3 is 2.55 bits per heavy atom. The SMILES string of the molecule is COC(=CC=C(C)CCC(NC(=O)OC(C)(C)C)C(=O)N1C(CO)CC2=C(CC3OCCOC3=C2)C1COCc1ccccc1)C(C)OC. The Labute approximate surface area is 290 Å². The van der Waals surface area contributed by atoms with Gasteiger partial charge < -0.3 is 43.7 Å². The van der Waals surface area contributed by atoms with Gasteiger partial charge >= 0.3 is 6.09 Å². The van der Waals surface area contributed by atoms with Crippen molar-refractivity contribution in [2.45, 2.75) is 103 Å². The van der Waals surface area contributed by atoms with Crippen molar-refractivity contribution < 1.29 is 43.1 Å². The molecule has 5 unspecified atom stereocenters. The number of benzene rings is 1. The molecule has 1 saturated heterocycles. The van der Waals surface area contributed by atoms with Gasteiger partial charge in [0, 0.05) is 13.5 Å². The van der Waals surface area contributed by atoms with Crippen LogP contribution in [-0.4, -0.2) is 98.6 Å². The molecule has 2 amide bonds. The lowest BCUT2D eigenvalue weighted by Gasteiger charge is -2.47. The molecule has 1 aromatic carbocycles. The molecule has 2 heterocycles. The van der Waals surface area contributed by atoms with E-state index in [0.717, 1.165) is 28.0 Å². The Morgan fingerprint density at radius 2 is 1.88 bits per heavy atom. The molecule has 2 aliphatic heterocycles. The van der Waals surface area contributed by atoms with Crippen LogP contribution in [0.1, 0.15) is 65.9 Å². The maximum absolute atomic E-state index is 14.7. The van der Waals surface area contributed by atoms with Crippen LogP contribution in [0.15, 0.2) is 76.8 Å². The molecule has 2 N–H and O–H groups in total. The molecule has 4 rings (SSSR count). The molecule has 270 valence electrons. The van der Waals surface area contributed by atoms with Crippen LogP contribution in [0.3, 0.4) is 0 Å². The fourth-order valence-electron chi connectivity index (χ4n) is 6.31. The van der Waals surface area contributed by atoms with E-state index in [9.17, 15) is 14.7 Å². The third kappa shape index (κ3) is 10.7. The van der Waals surface area contributed by atoms with E-state index in [-0.39, 0.29) is 31.3 Å². The molecular weight excluding hydrogens is 628 g/mol. The van der Waals surface area contributed by atoms with Gasteiger partial charge in [-0.05, 0) is 82.7 Å². The van der Waals surface area contributed by atoms with Crippen LogP contribution in [0.5, 0.6) is 0 Å². The number of rotatable bonds is 14. The van der Waals surface area contributed by atoms with E-state index in [1.807, 2.05) is 62.4 Å². The first-order chi connectivity index (χ1) is 23.4. The molecule has 11 heteroatoms. The Kier molecular flexibility index (Phi) is 13.9. The van der Waals surface area contributed by atoms with Crippen molar-refractivity contribution in [3.63, 3.8) is 0 Å². The number of aliphatic hydroxyl groups excluding tert-OH is 1. The lowest BCUT2D eigenvalue weighted by molar-refractivity contribution is -0.141. The third-order valence-electron chi connectivity index (χ3n) is 8.90. The molecule has 0 bridgehead atoms. The van der Waals surface area contributed by atoms with Gasteiger partial charge in [-0.2, -0.15) is 0 Å². The summed E-state index contributed by atoms with van der Waals surface area (Å²) in [5, 5.41) is 13.6. The topological polar surface area (TPSA) is 125 Å². The molecule has 1 aliphatic carbocycles. The summed E-state index contributed by atoms with van der Waals surface area (Å²) >= 11 is 0. The van der Waals surface area contributed by atoms with Gasteiger partial charge in [-0.3, -0.25) is 4.79 Å². The number of nitrogens with zero attached hydrogens (tertiary/aromatic N) is 1. The number of hydrogen-bond donors (Lipinski definition) is 2. The molecular formula is C38H54N2O9. The maximum atomic E-state index is 14.7. The van der Waals surface area contributed by atoms with Gasteiger partial charge in [-0.25, -0.2) is 4.79 Å². The molecule has 11 nitrogen and oxygen atoms in total. The van der Waals surface area contributed by atoms with Gasteiger partial charge in [0.15, 0.2) is 0 Å². The number of carbonyl (C=O) groups excluding carboxylic acids is 2. The van der Waals surface area contributed by atoms with Crippen LogP contribution in [0.25, 0.3) is 0 Å². The minimum absolute atomic E-state index is 0.201. The number of hydrogen-bond acceptors (Lipinski definition) is 9. The molecule has 49 heavy (non-hydrogen) atoms. The molecule has 1 fully saturated rings. The predicted octanol–water partition coefficient (Wildman–Crippen LogP) is 5.35. The van der Waals surface area contributed by atoms with Crippen molar-refractivity contribution in [3.8, 4) is 0 Å². The lowest BCUT2D eigenvalue weighted by Crippen LogP contribution is -2.60. The zero-order valence-corrected chi connectivity index (χ0v) is 30.0. The summed E-state index contributed by atoms with van der Waals surface area (Å²) in [6.07, 6.45) is 6.42. The van der Waals surface area contributed by atoms with E-state index in [1.54, 1.807) is 39.9 Å². The van der Waals surface area contributed by atoms with Crippen LogP contribution >= 0.6 is 0 Å². The molecule has 0 radical (unpaired) electrons. The molecule has 5 atom stereocenters. The monoisotopic (exact) mass is 682 g/mol. The first-order valence-corrected chi connectivity index (χ1v) is 17.1. The minimum atomic E-state index is -0.932. The highest BCUT2D eigenvalue weighted by atomic mass is 16.6. The minimum Gasteiger partial charge on any atom is -0.498 e. The largest absolute Gasteiger partial charge is 0.498 e. The van der Waals surface area contributed by atoms with E-state index in [1.165, 1.54) is 0 Å². The fraction of sp³-hybridized carbons (Fsp3) is 0.579. The van der Waals surface area contributed by atoms with E-state index in [2.05, 4.69) is 5.32 Å². The van der Waals surface area contributed by atoms with E-state index in [4.69, 9.17) is 28.4 Å². The van der Waals surface area contributed by atoms with Gasteiger partial charge in [0.05, 0.1) is 45.6 Å². The van der Waals surface area contributed by atoms with E-state index < -0.39 is 29.8 Å². The zero-order valence-electron chi connectivity index (χ0n) is 30.0. The van der Waals surface area contributed by atoms with Gasteiger partial charge in [-0.15, -0.1) is 0 Å². The second-order valence-electron chi connectivity index (χ2n) is 13.7. The Balaban J connectivity index is 1.65. The molecule has 3 aliphatic rings. The quantitative estimate of drug-likeness (QED) is 0.197. The predicted molar refractivity (Wildman–Crippen MR) is 185 cm³/mol. The fourth-order valence-corrected chi connectivity index (χ4v) is 6.31. The zero-order chi connectivity index (χ0) is 35.6. The van der Waals surface area contributed by atoms with E-state index in [0.29, 0.717) is 51.3 Å². The van der Waals surface area contributed by atoms with Crippen molar-refractivity contribution in [2.24, 2.45) is 0 Å². The molecule has 0 aromatic heterocycles. The number of alkyl carbamates (subject to hydrolysis) is 1. The summed E-state index contributed by atoms with van der Waals surface area (Å²) in [4.78, 5) is 29.6. The maximum Gasteiger partial charge on any atom is 0.408 e. The number of methoxy groups -OCH3 is 2. The number of carbonyl (C=O) groups is 2. The normalized spacial score (nSPS) is 22.7. The number of fused-ring (bicyclic) bond motifs is 1. The number of ether oxygens (including phenoxy) is 6. The second kappa shape index (κ2) is 17.8. The number of aliphatic hydroxyl groups is 1. The third-order valence-corrected chi connectivity index (χ3v) is 8.90. The molecule has 0 spiro atoms.